The lowest BCUT2D eigenvalue weighted by molar-refractivity contribution is 0.327. The van der Waals surface area contributed by atoms with Crippen molar-refractivity contribution < 1.29 is 4.43 Å². The second-order valence-electron chi connectivity index (χ2n) is 5.03. The van der Waals surface area contributed by atoms with Gasteiger partial charge >= 0.3 is 0 Å². The van der Waals surface area contributed by atoms with E-state index in [4.69, 9.17) is 10.2 Å². The van der Waals surface area contributed by atoms with Crippen LogP contribution in [0.4, 0.5) is 0 Å². The summed E-state index contributed by atoms with van der Waals surface area (Å²) in [6, 6.07) is 11.4. The van der Waals surface area contributed by atoms with Crippen LogP contribution in [0.25, 0.3) is 6.08 Å². The molecule has 1 atom stereocenters. The van der Waals surface area contributed by atoms with E-state index in [1.807, 2.05) is 25.3 Å². The maximum Gasteiger partial charge on any atom is 0.268 e. The molecule has 1 aliphatic rings. The summed E-state index contributed by atoms with van der Waals surface area (Å²) in [4.78, 5) is 0. The van der Waals surface area contributed by atoms with Gasteiger partial charge in [-0.1, -0.05) is 30.3 Å². The van der Waals surface area contributed by atoms with Crippen LogP contribution in [0.1, 0.15) is 12.0 Å². The number of rotatable bonds is 4. The fourth-order valence-corrected chi connectivity index (χ4v) is 5.24. The predicted molar refractivity (Wildman–Crippen MR) is 78.2 cm³/mol. The molecule has 3 nitrogen and oxygen atoms in total. The molecule has 0 saturated carbocycles. The van der Waals surface area contributed by atoms with E-state index in [1.54, 1.807) is 0 Å². The summed E-state index contributed by atoms with van der Waals surface area (Å²) in [6.07, 6.45) is 3.29. The van der Waals surface area contributed by atoms with Crippen molar-refractivity contribution in [1.29, 1.82) is 0 Å². The number of nitrogens with zero attached hydrogens (tertiary/aromatic N) is 1. The molecule has 1 aromatic carbocycles. The number of hydrogen-bond donors (Lipinski definition) is 1. The van der Waals surface area contributed by atoms with Crippen LogP contribution >= 0.6 is 0 Å². The van der Waals surface area contributed by atoms with Crippen LogP contribution in [-0.2, 0) is 4.43 Å². The van der Waals surface area contributed by atoms with Crippen molar-refractivity contribution in [3.63, 3.8) is 0 Å². The molecule has 2 N–H and O–H groups in total. The van der Waals surface area contributed by atoms with Gasteiger partial charge in [-0.2, -0.15) is 0 Å². The summed E-state index contributed by atoms with van der Waals surface area (Å²) in [5.74, 6) is 0. The Hall–Kier alpha value is -1.10. The summed E-state index contributed by atoms with van der Waals surface area (Å²) in [5, 5.41) is 0. The Kier molecular flexibility index (Phi) is 4.22. The Morgan fingerprint density at radius 1 is 1.44 bits per heavy atom. The summed E-state index contributed by atoms with van der Waals surface area (Å²) in [5.41, 5.74) is 8.23. The summed E-state index contributed by atoms with van der Waals surface area (Å²) < 4.78 is 8.19. The lowest BCUT2D eigenvalue weighted by Crippen LogP contribution is -2.49. The monoisotopic (exact) mass is 262 g/mol. The standard InChI is InChI=1S/C14H22N2OSi/c1-17-18(2)10-6-9-16(18)12-14(15)11-13-7-4-3-5-8-13/h3-5,7-8,11H,6,9-10,12,15H2,1-2H3. The molecular formula is C14H22N2OSi. The number of benzene rings is 1. The number of hydrogen-bond acceptors (Lipinski definition) is 3. The molecular weight excluding hydrogens is 240 g/mol. The first-order valence-corrected chi connectivity index (χ1v) is 9.01. The maximum absolute atomic E-state index is 6.15. The van der Waals surface area contributed by atoms with Gasteiger partial charge in [0.2, 0.25) is 0 Å². The molecule has 1 unspecified atom stereocenters. The Balaban J connectivity index is 2.03. The molecule has 18 heavy (non-hydrogen) atoms. The van der Waals surface area contributed by atoms with Crippen LogP contribution in [0.3, 0.4) is 0 Å². The Bertz CT molecular complexity index is 421. The van der Waals surface area contributed by atoms with Crippen LogP contribution in [0.15, 0.2) is 36.0 Å². The van der Waals surface area contributed by atoms with Crippen molar-refractivity contribution in [3.8, 4) is 0 Å². The van der Waals surface area contributed by atoms with Crippen molar-refractivity contribution in [3.05, 3.63) is 41.6 Å². The molecule has 1 saturated heterocycles. The lowest BCUT2D eigenvalue weighted by atomic mass is 10.2. The van der Waals surface area contributed by atoms with Crippen molar-refractivity contribution in [2.75, 3.05) is 20.2 Å². The molecule has 2 rings (SSSR count). The molecule has 4 heteroatoms. The van der Waals surface area contributed by atoms with E-state index in [0.29, 0.717) is 0 Å². The maximum atomic E-state index is 6.15. The molecule has 0 aromatic heterocycles. The van der Waals surface area contributed by atoms with Crippen molar-refractivity contribution >= 4 is 14.6 Å². The Labute approximate surface area is 110 Å². The third kappa shape index (κ3) is 3.01. The Morgan fingerprint density at radius 2 is 2.17 bits per heavy atom. The predicted octanol–water partition coefficient (Wildman–Crippen LogP) is 2.41. The highest BCUT2D eigenvalue weighted by Gasteiger charge is 2.40. The SMILES string of the molecule is CO[Si]1(C)CCCN1CC(N)=Cc1ccccc1. The zero-order valence-electron chi connectivity index (χ0n) is 11.2. The van der Waals surface area contributed by atoms with Gasteiger partial charge in [0.05, 0.1) is 0 Å². The molecule has 1 fully saturated rings. The summed E-state index contributed by atoms with van der Waals surface area (Å²) in [7, 11) is 0.178. The van der Waals surface area contributed by atoms with Gasteiger partial charge < -0.3 is 10.2 Å². The average molecular weight is 262 g/mol. The van der Waals surface area contributed by atoms with Crippen LogP contribution in [0.5, 0.6) is 0 Å². The van der Waals surface area contributed by atoms with Crippen LogP contribution in [0, 0.1) is 0 Å². The smallest absolute Gasteiger partial charge is 0.268 e. The minimum atomic E-state index is -1.66. The highest BCUT2D eigenvalue weighted by atomic mass is 28.4. The first kappa shape index (κ1) is 13.3. The molecule has 1 aliphatic heterocycles. The average Bonchev–Trinajstić information content (AvgIpc) is 2.73. The van der Waals surface area contributed by atoms with Gasteiger partial charge in [0, 0.05) is 19.4 Å². The normalized spacial score (nSPS) is 25.6. The van der Waals surface area contributed by atoms with E-state index in [0.717, 1.165) is 24.4 Å². The molecule has 1 aromatic rings. The van der Waals surface area contributed by atoms with E-state index in [-0.39, 0.29) is 0 Å². The van der Waals surface area contributed by atoms with Crippen LogP contribution in [-0.4, -0.2) is 33.2 Å². The van der Waals surface area contributed by atoms with E-state index in [2.05, 4.69) is 29.3 Å². The molecule has 0 bridgehead atoms. The Morgan fingerprint density at radius 3 is 2.83 bits per heavy atom. The van der Waals surface area contributed by atoms with Gasteiger partial charge in [-0.15, -0.1) is 0 Å². The molecule has 0 amide bonds. The zero-order valence-corrected chi connectivity index (χ0v) is 12.2. The molecule has 0 radical (unpaired) electrons. The van der Waals surface area contributed by atoms with Crippen molar-refractivity contribution in [1.82, 2.24) is 4.57 Å². The van der Waals surface area contributed by atoms with Gasteiger partial charge in [-0.3, -0.25) is 4.57 Å². The first-order valence-electron chi connectivity index (χ1n) is 6.45. The third-order valence-electron chi connectivity index (χ3n) is 3.70. The van der Waals surface area contributed by atoms with Crippen molar-refractivity contribution in [2.24, 2.45) is 5.73 Å². The second kappa shape index (κ2) is 5.69. The van der Waals surface area contributed by atoms with E-state index >= 15 is 0 Å². The van der Waals surface area contributed by atoms with E-state index in [1.165, 1.54) is 12.5 Å². The minimum Gasteiger partial charge on any atom is -0.406 e. The van der Waals surface area contributed by atoms with Gasteiger partial charge in [0.25, 0.3) is 8.48 Å². The number of nitrogens with two attached hydrogens (primary N) is 1. The fourth-order valence-electron chi connectivity index (χ4n) is 2.50. The minimum absolute atomic E-state index is 0.825. The highest BCUT2D eigenvalue weighted by molar-refractivity contribution is 6.70. The largest absolute Gasteiger partial charge is 0.406 e. The highest BCUT2D eigenvalue weighted by Crippen LogP contribution is 2.26. The third-order valence-corrected chi connectivity index (χ3v) is 7.58. The van der Waals surface area contributed by atoms with Gasteiger partial charge in [0.1, 0.15) is 0 Å². The topological polar surface area (TPSA) is 38.5 Å². The van der Waals surface area contributed by atoms with E-state index in [9.17, 15) is 0 Å². The fraction of sp³-hybridized carbons (Fsp3) is 0.429. The van der Waals surface area contributed by atoms with Gasteiger partial charge in [-0.05, 0) is 37.2 Å². The van der Waals surface area contributed by atoms with Gasteiger partial charge in [0.15, 0.2) is 0 Å². The van der Waals surface area contributed by atoms with E-state index < -0.39 is 8.48 Å². The molecule has 0 aliphatic carbocycles. The quantitative estimate of drug-likeness (QED) is 0.847. The molecule has 1 heterocycles. The van der Waals surface area contributed by atoms with Gasteiger partial charge in [-0.25, -0.2) is 0 Å². The summed E-state index contributed by atoms with van der Waals surface area (Å²) in [6.45, 7) is 4.21. The first-order chi connectivity index (χ1) is 8.64. The molecule has 0 spiro atoms. The zero-order chi connectivity index (χ0) is 13.0. The second-order valence-corrected chi connectivity index (χ2v) is 8.92. The molecule has 98 valence electrons. The summed E-state index contributed by atoms with van der Waals surface area (Å²) >= 11 is 0. The van der Waals surface area contributed by atoms with Crippen LogP contribution < -0.4 is 5.73 Å². The van der Waals surface area contributed by atoms with Crippen molar-refractivity contribution in [2.45, 2.75) is 19.0 Å². The van der Waals surface area contributed by atoms with Crippen LogP contribution in [0.2, 0.25) is 12.6 Å². The lowest BCUT2D eigenvalue weighted by Gasteiger charge is -2.31.